The largest absolute Gasteiger partial charge is 0.496 e. The Kier molecular flexibility index (Phi) is 7.07. The summed E-state index contributed by atoms with van der Waals surface area (Å²) in [6.07, 6.45) is 4.44. The Balaban J connectivity index is 0.000000816. The van der Waals surface area contributed by atoms with E-state index in [1.807, 2.05) is 6.92 Å². The van der Waals surface area contributed by atoms with Gasteiger partial charge >= 0.3 is 0 Å². The van der Waals surface area contributed by atoms with E-state index in [0.29, 0.717) is 16.9 Å². The number of hydrogen-bond donors (Lipinski definition) is 0. The van der Waals surface area contributed by atoms with Crippen molar-refractivity contribution in [2.24, 2.45) is 0 Å². The minimum Gasteiger partial charge on any atom is -0.496 e. The summed E-state index contributed by atoms with van der Waals surface area (Å²) in [5.41, 5.74) is 0.990. The maximum Gasteiger partial charge on any atom is 0.168 e. The average Bonchev–Trinajstić information content (AvgIpc) is 2.49. The number of hydrogen-bond acceptors (Lipinski definition) is 3. The van der Waals surface area contributed by atoms with E-state index in [1.54, 1.807) is 26.2 Å². The van der Waals surface area contributed by atoms with Crippen LogP contribution in [-0.2, 0) is 4.74 Å². The van der Waals surface area contributed by atoms with Crippen molar-refractivity contribution in [1.82, 2.24) is 0 Å². The molecule has 1 saturated heterocycles. The van der Waals surface area contributed by atoms with Crippen LogP contribution in [0.1, 0.15) is 57.3 Å². The lowest BCUT2D eigenvalue weighted by atomic mass is 9.91. The molecule has 0 bridgehead atoms. The molecular formula is C19H29FO3. The molecule has 1 atom stereocenters. The van der Waals surface area contributed by atoms with Crippen LogP contribution in [0.4, 0.5) is 4.39 Å². The first-order valence-corrected chi connectivity index (χ1v) is 7.97. The first-order valence-electron chi connectivity index (χ1n) is 7.97. The van der Waals surface area contributed by atoms with Crippen molar-refractivity contribution in [2.45, 2.75) is 58.7 Å². The lowest BCUT2D eigenvalue weighted by Crippen LogP contribution is -2.31. The molecule has 1 heterocycles. The van der Waals surface area contributed by atoms with Crippen molar-refractivity contribution in [3.63, 3.8) is 0 Å². The lowest BCUT2D eigenvalue weighted by molar-refractivity contribution is -0.110. The van der Waals surface area contributed by atoms with Crippen molar-refractivity contribution in [2.75, 3.05) is 14.2 Å². The van der Waals surface area contributed by atoms with E-state index in [9.17, 15) is 4.39 Å². The summed E-state index contributed by atoms with van der Waals surface area (Å²) in [6, 6.07) is 1.71. The molecule has 3 nitrogen and oxygen atoms in total. The fourth-order valence-electron chi connectivity index (χ4n) is 2.84. The molecule has 1 fully saturated rings. The van der Waals surface area contributed by atoms with E-state index in [2.05, 4.69) is 20.4 Å². The second-order valence-corrected chi connectivity index (χ2v) is 6.32. The highest BCUT2D eigenvalue weighted by Gasteiger charge is 2.34. The molecule has 23 heavy (non-hydrogen) atoms. The van der Waals surface area contributed by atoms with Gasteiger partial charge in [-0.15, -0.1) is 6.58 Å². The Morgan fingerprint density at radius 3 is 2.43 bits per heavy atom. The highest BCUT2D eigenvalue weighted by Crippen LogP contribution is 2.45. The molecule has 130 valence electrons. The van der Waals surface area contributed by atoms with E-state index >= 15 is 0 Å². The van der Waals surface area contributed by atoms with Crippen molar-refractivity contribution in [3.05, 3.63) is 35.7 Å². The zero-order chi connectivity index (χ0) is 17.6. The molecule has 1 aromatic carbocycles. The molecular weight excluding hydrogens is 295 g/mol. The van der Waals surface area contributed by atoms with Crippen LogP contribution in [0.5, 0.6) is 11.5 Å². The first-order chi connectivity index (χ1) is 10.8. The number of allylic oxidation sites excluding steroid dienone is 1. The minimum atomic E-state index is -0.338. The molecule has 4 heteroatoms. The summed E-state index contributed by atoms with van der Waals surface area (Å²) in [4.78, 5) is 0. The summed E-state index contributed by atoms with van der Waals surface area (Å²) in [5, 5.41) is 0. The highest BCUT2D eigenvalue weighted by molar-refractivity contribution is 5.50. The summed E-state index contributed by atoms with van der Waals surface area (Å²) >= 11 is 0. The maximum atomic E-state index is 14.3. The fourth-order valence-corrected chi connectivity index (χ4v) is 2.84. The van der Waals surface area contributed by atoms with Gasteiger partial charge in [-0.3, -0.25) is 0 Å². The third kappa shape index (κ3) is 4.71. The van der Waals surface area contributed by atoms with E-state index < -0.39 is 0 Å². The molecule has 0 saturated carbocycles. The van der Waals surface area contributed by atoms with E-state index in [0.717, 1.165) is 19.3 Å². The van der Waals surface area contributed by atoms with Gasteiger partial charge in [0.25, 0.3) is 0 Å². The third-order valence-corrected chi connectivity index (χ3v) is 3.86. The van der Waals surface area contributed by atoms with Gasteiger partial charge < -0.3 is 14.2 Å². The molecule has 0 N–H and O–H groups in total. The van der Waals surface area contributed by atoms with Crippen molar-refractivity contribution < 1.29 is 18.6 Å². The first kappa shape index (κ1) is 19.5. The molecule has 1 aliphatic rings. The molecule has 0 radical (unpaired) electrons. The number of halogens is 1. The Bertz CT molecular complexity index is 538. The standard InChI is InChI=1S/C16H23FO3.C3H6/c1-10-9-12(18-4)13(15(19-5)14(10)17)11-7-6-8-16(2,3)20-11;1-3-2/h9,11H,6-8H2,1-5H3;3H,1H2,2H3. The van der Waals surface area contributed by atoms with Gasteiger partial charge in [0.15, 0.2) is 11.6 Å². The zero-order valence-corrected chi connectivity index (χ0v) is 15.2. The van der Waals surface area contributed by atoms with Crippen LogP contribution in [0, 0.1) is 12.7 Å². The average molecular weight is 324 g/mol. The van der Waals surface area contributed by atoms with Gasteiger partial charge in [-0.2, -0.15) is 0 Å². The Morgan fingerprint density at radius 1 is 1.35 bits per heavy atom. The lowest BCUT2D eigenvalue weighted by Gasteiger charge is -2.37. The molecule has 1 aliphatic heterocycles. The highest BCUT2D eigenvalue weighted by atomic mass is 19.1. The minimum absolute atomic E-state index is 0.196. The predicted molar refractivity (Wildman–Crippen MR) is 91.9 cm³/mol. The van der Waals surface area contributed by atoms with Gasteiger partial charge in [0, 0.05) is 0 Å². The molecule has 1 aromatic rings. The van der Waals surface area contributed by atoms with Gasteiger partial charge in [0.05, 0.1) is 31.5 Å². The van der Waals surface area contributed by atoms with Crippen LogP contribution < -0.4 is 9.47 Å². The Morgan fingerprint density at radius 2 is 1.96 bits per heavy atom. The molecule has 0 aromatic heterocycles. The Hall–Kier alpha value is -1.55. The summed E-state index contributed by atoms with van der Waals surface area (Å²) in [5.74, 6) is 0.531. The SMILES string of the molecule is C=CC.COc1cc(C)c(F)c(OC)c1C1CCCC(C)(C)O1. The molecule has 2 rings (SSSR count). The van der Waals surface area contributed by atoms with Gasteiger partial charge in [-0.05, 0) is 58.6 Å². The van der Waals surface area contributed by atoms with Crippen molar-refractivity contribution in [1.29, 1.82) is 0 Å². The summed E-state index contributed by atoms with van der Waals surface area (Å²) < 4.78 is 31.1. The third-order valence-electron chi connectivity index (χ3n) is 3.86. The monoisotopic (exact) mass is 324 g/mol. The second-order valence-electron chi connectivity index (χ2n) is 6.32. The van der Waals surface area contributed by atoms with Gasteiger partial charge in [-0.25, -0.2) is 4.39 Å². The van der Waals surface area contributed by atoms with Crippen LogP contribution in [0.2, 0.25) is 0 Å². The number of rotatable bonds is 3. The molecule has 1 unspecified atom stereocenters. The molecule has 0 spiro atoms. The van der Waals surface area contributed by atoms with Crippen LogP contribution in [0.3, 0.4) is 0 Å². The van der Waals surface area contributed by atoms with Crippen LogP contribution in [-0.4, -0.2) is 19.8 Å². The summed E-state index contributed by atoms with van der Waals surface area (Å²) in [7, 11) is 3.07. The molecule has 0 aliphatic carbocycles. The van der Waals surface area contributed by atoms with E-state index in [-0.39, 0.29) is 23.3 Å². The predicted octanol–water partition coefficient (Wildman–Crippen LogP) is 5.36. The van der Waals surface area contributed by atoms with Crippen molar-refractivity contribution >= 4 is 0 Å². The summed E-state index contributed by atoms with van der Waals surface area (Å²) in [6.45, 7) is 11.1. The molecule has 0 amide bonds. The van der Waals surface area contributed by atoms with Crippen LogP contribution in [0.25, 0.3) is 0 Å². The van der Waals surface area contributed by atoms with E-state index in [4.69, 9.17) is 14.2 Å². The quantitative estimate of drug-likeness (QED) is 0.700. The number of methoxy groups -OCH3 is 2. The normalized spacial score (nSPS) is 19.3. The second kappa shape index (κ2) is 8.34. The van der Waals surface area contributed by atoms with Crippen LogP contribution in [0.15, 0.2) is 18.7 Å². The Labute approximate surface area is 139 Å². The van der Waals surface area contributed by atoms with Gasteiger partial charge in [0.2, 0.25) is 0 Å². The van der Waals surface area contributed by atoms with Gasteiger partial charge in [-0.1, -0.05) is 6.08 Å². The number of ether oxygens (including phenoxy) is 3. The van der Waals surface area contributed by atoms with E-state index in [1.165, 1.54) is 7.11 Å². The fraction of sp³-hybridized carbons (Fsp3) is 0.579. The van der Waals surface area contributed by atoms with Crippen molar-refractivity contribution in [3.8, 4) is 11.5 Å². The maximum absolute atomic E-state index is 14.3. The zero-order valence-electron chi connectivity index (χ0n) is 15.2. The number of benzene rings is 1. The smallest absolute Gasteiger partial charge is 0.168 e. The number of aryl methyl sites for hydroxylation is 1. The van der Waals surface area contributed by atoms with Crippen LogP contribution >= 0.6 is 0 Å². The van der Waals surface area contributed by atoms with Gasteiger partial charge in [0.1, 0.15) is 5.75 Å². The topological polar surface area (TPSA) is 27.7 Å².